The molecular weight excluding hydrogens is 448 g/mol. The molecule has 6 aliphatic rings. The topological polar surface area (TPSA) is 47.9 Å². The number of ether oxygens (including phenoxy) is 3. The van der Waals surface area contributed by atoms with Crippen LogP contribution in [0.5, 0.6) is 0 Å². The van der Waals surface area contributed by atoms with Gasteiger partial charge in [0.15, 0.2) is 5.79 Å². The fraction of sp³-hybridized carbons (Fsp3) is 1.00. The summed E-state index contributed by atoms with van der Waals surface area (Å²) >= 11 is 0. The van der Waals surface area contributed by atoms with Gasteiger partial charge in [-0.1, -0.05) is 27.7 Å². The van der Waals surface area contributed by atoms with Crippen LogP contribution in [0.4, 0.5) is 0 Å². The zero-order valence-corrected chi connectivity index (χ0v) is 24.6. The maximum atomic E-state index is 10.3. The van der Waals surface area contributed by atoms with E-state index < -0.39 is 0 Å². The first-order chi connectivity index (χ1) is 16.8. The minimum absolute atomic E-state index is 0.0389. The molecule has 36 heavy (non-hydrogen) atoms. The van der Waals surface area contributed by atoms with Gasteiger partial charge >= 0.3 is 0 Å². The quantitative estimate of drug-likeness (QED) is 0.378. The standard InChI is InChI=1S/C27H44O3.C5H12O/c1-16-7-12-27(29-15-16)17(2)24-23(30-27)14-22-20-6-5-18-13-19(28)8-10-25(18,3)21(20)9-11-26(22,24)4;1-5(2,3)6-4/h16-24,28H,5-15H2,1-4H3;1-4H3/t16-,17-,18+,19-,20+,21-,22-,23-,24-,25-,26-,27+;/m0./s1. The highest BCUT2D eigenvalue weighted by Gasteiger charge is 2.69. The lowest BCUT2D eigenvalue weighted by atomic mass is 9.44. The molecule has 2 aliphatic heterocycles. The summed E-state index contributed by atoms with van der Waals surface area (Å²) in [7, 11) is 1.71. The van der Waals surface area contributed by atoms with Crippen LogP contribution >= 0.6 is 0 Å². The molecule has 4 aliphatic carbocycles. The van der Waals surface area contributed by atoms with Crippen molar-refractivity contribution in [1.29, 1.82) is 0 Å². The fourth-order valence-electron chi connectivity index (χ4n) is 10.3. The number of aliphatic hydroxyl groups excluding tert-OH is 1. The third-order valence-corrected chi connectivity index (χ3v) is 12.5. The number of aliphatic hydroxyl groups is 1. The Morgan fingerprint density at radius 3 is 2.19 bits per heavy atom. The second-order valence-corrected chi connectivity index (χ2v) is 15.4. The van der Waals surface area contributed by atoms with Crippen LogP contribution in [0.1, 0.15) is 113 Å². The lowest BCUT2D eigenvalue weighted by Crippen LogP contribution is -2.55. The fourth-order valence-corrected chi connectivity index (χ4v) is 10.3. The van der Waals surface area contributed by atoms with Gasteiger partial charge in [-0.05, 0) is 125 Å². The Balaban J connectivity index is 0.000000400. The van der Waals surface area contributed by atoms with Gasteiger partial charge < -0.3 is 19.3 Å². The molecule has 6 fully saturated rings. The summed E-state index contributed by atoms with van der Waals surface area (Å²) in [6, 6.07) is 0. The summed E-state index contributed by atoms with van der Waals surface area (Å²) in [5, 5.41) is 10.3. The van der Waals surface area contributed by atoms with Crippen molar-refractivity contribution < 1.29 is 19.3 Å². The second kappa shape index (κ2) is 9.49. The highest BCUT2D eigenvalue weighted by molar-refractivity contribution is 5.15. The molecule has 4 saturated carbocycles. The Labute approximate surface area is 221 Å². The van der Waals surface area contributed by atoms with E-state index in [0.717, 1.165) is 49.5 Å². The third-order valence-electron chi connectivity index (χ3n) is 12.5. The molecule has 0 bridgehead atoms. The molecule has 6 rings (SSSR count). The lowest BCUT2D eigenvalue weighted by molar-refractivity contribution is -0.273. The van der Waals surface area contributed by atoms with Crippen LogP contribution in [-0.4, -0.2) is 42.4 Å². The van der Waals surface area contributed by atoms with Gasteiger partial charge in [-0.2, -0.15) is 0 Å². The Morgan fingerprint density at radius 2 is 1.56 bits per heavy atom. The van der Waals surface area contributed by atoms with Crippen molar-refractivity contribution in [2.24, 2.45) is 52.3 Å². The van der Waals surface area contributed by atoms with Gasteiger partial charge in [-0.25, -0.2) is 0 Å². The molecule has 0 unspecified atom stereocenters. The van der Waals surface area contributed by atoms with Crippen molar-refractivity contribution in [3.63, 3.8) is 0 Å². The normalized spacial score (nSPS) is 54.1. The van der Waals surface area contributed by atoms with Crippen LogP contribution in [0.25, 0.3) is 0 Å². The van der Waals surface area contributed by atoms with Gasteiger partial charge in [0.1, 0.15) is 0 Å². The Kier molecular flexibility index (Phi) is 7.22. The molecule has 2 saturated heterocycles. The van der Waals surface area contributed by atoms with E-state index in [4.69, 9.17) is 14.2 Å². The average Bonchev–Trinajstić information content (AvgIpc) is 3.26. The lowest BCUT2D eigenvalue weighted by Gasteiger charge is -2.61. The van der Waals surface area contributed by atoms with Crippen LogP contribution in [0.2, 0.25) is 0 Å². The number of fused-ring (bicyclic) bond motifs is 7. The largest absolute Gasteiger partial charge is 0.393 e. The molecular formula is C32H56O4. The SMILES string of the molecule is COC(C)(C)C.C[C@H]1CC[C@@]2(OC1)O[C@H]1C[C@H]3[C@@H]4CC[C@@H]5C[C@@H](O)CC[C@]5(C)[C@H]4CC[C@]3(C)[C@H]1[C@@H]2C. The minimum atomic E-state index is -0.282. The van der Waals surface area contributed by atoms with Crippen LogP contribution in [0.3, 0.4) is 0 Å². The Bertz CT molecular complexity index is 782. The van der Waals surface area contributed by atoms with Gasteiger partial charge in [-0.3, -0.25) is 0 Å². The van der Waals surface area contributed by atoms with Crippen molar-refractivity contribution in [1.82, 2.24) is 0 Å². The molecule has 2 heterocycles. The summed E-state index contributed by atoms with van der Waals surface area (Å²) in [6.45, 7) is 17.0. The summed E-state index contributed by atoms with van der Waals surface area (Å²) < 4.78 is 18.3. The average molecular weight is 505 g/mol. The summed E-state index contributed by atoms with van der Waals surface area (Å²) in [4.78, 5) is 0. The molecule has 0 amide bonds. The van der Waals surface area contributed by atoms with E-state index in [0.29, 0.717) is 34.7 Å². The highest BCUT2D eigenvalue weighted by Crippen LogP contribution is 2.71. The van der Waals surface area contributed by atoms with Crippen molar-refractivity contribution in [3.05, 3.63) is 0 Å². The minimum Gasteiger partial charge on any atom is -0.393 e. The molecule has 4 heteroatoms. The maximum absolute atomic E-state index is 10.3. The van der Waals surface area contributed by atoms with E-state index in [1.165, 1.54) is 44.9 Å². The molecule has 4 nitrogen and oxygen atoms in total. The van der Waals surface area contributed by atoms with Crippen LogP contribution in [-0.2, 0) is 14.2 Å². The maximum Gasteiger partial charge on any atom is 0.171 e. The molecule has 0 aromatic heterocycles. The van der Waals surface area contributed by atoms with Crippen molar-refractivity contribution in [2.75, 3.05) is 13.7 Å². The van der Waals surface area contributed by atoms with E-state index in [9.17, 15) is 5.11 Å². The van der Waals surface area contributed by atoms with E-state index in [2.05, 4.69) is 27.7 Å². The van der Waals surface area contributed by atoms with E-state index >= 15 is 0 Å². The number of methoxy groups -OCH3 is 1. The monoisotopic (exact) mass is 504 g/mol. The smallest absolute Gasteiger partial charge is 0.171 e. The molecule has 1 N–H and O–H groups in total. The van der Waals surface area contributed by atoms with Gasteiger partial charge in [0.25, 0.3) is 0 Å². The predicted molar refractivity (Wildman–Crippen MR) is 144 cm³/mol. The molecule has 0 aromatic carbocycles. The van der Waals surface area contributed by atoms with Gasteiger partial charge in [-0.15, -0.1) is 0 Å². The summed E-state index contributed by atoms with van der Waals surface area (Å²) in [5.74, 6) is 4.93. The van der Waals surface area contributed by atoms with Gasteiger partial charge in [0.2, 0.25) is 0 Å². The van der Waals surface area contributed by atoms with Gasteiger partial charge in [0.05, 0.1) is 24.4 Å². The highest BCUT2D eigenvalue weighted by atomic mass is 16.7. The first kappa shape index (κ1) is 27.4. The first-order valence-corrected chi connectivity index (χ1v) is 15.4. The van der Waals surface area contributed by atoms with Crippen molar-refractivity contribution in [3.8, 4) is 0 Å². The molecule has 1 spiro atoms. The first-order valence-electron chi connectivity index (χ1n) is 15.4. The number of rotatable bonds is 0. The second-order valence-electron chi connectivity index (χ2n) is 15.4. The van der Waals surface area contributed by atoms with E-state index in [1.807, 2.05) is 20.8 Å². The van der Waals surface area contributed by atoms with Crippen LogP contribution in [0, 0.1) is 52.3 Å². The summed E-state index contributed by atoms with van der Waals surface area (Å²) in [6.07, 6.45) is 12.9. The van der Waals surface area contributed by atoms with Gasteiger partial charge in [0, 0.05) is 19.4 Å². The van der Waals surface area contributed by atoms with E-state index in [-0.39, 0.29) is 17.5 Å². The Morgan fingerprint density at radius 1 is 0.861 bits per heavy atom. The van der Waals surface area contributed by atoms with Crippen LogP contribution in [0.15, 0.2) is 0 Å². The summed E-state index contributed by atoms with van der Waals surface area (Å²) in [5.41, 5.74) is 0.941. The Hall–Kier alpha value is -0.160. The van der Waals surface area contributed by atoms with E-state index in [1.54, 1.807) is 7.11 Å². The van der Waals surface area contributed by atoms with Crippen molar-refractivity contribution >= 4 is 0 Å². The number of hydrogen-bond acceptors (Lipinski definition) is 4. The molecule has 208 valence electrons. The van der Waals surface area contributed by atoms with Crippen molar-refractivity contribution in [2.45, 2.75) is 136 Å². The number of hydrogen-bond donors (Lipinski definition) is 1. The van der Waals surface area contributed by atoms with Crippen LogP contribution < -0.4 is 0 Å². The molecule has 0 aromatic rings. The third kappa shape index (κ3) is 4.42. The molecule has 0 radical (unpaired) electrons. The zero-order chi connectivity index (χ0) is 26.1. The molecule has 12 atom stereocenters. The predicted octanol–water partition coefficient (Wildman–Crippen LogP) is 7.23. The zero-order valence-electron chi connectivity index (χ0n) is 24.6.